The van der Waals surface area contributed by atoms with Crippen molar-refractivity contribution in [2.75, 3.05) is 19.2 Å². The van der Waals surface area contributed by atoms with Gasteiger partial charge >= 0.3 is 5.97 Å². The number of hydrogen-bond donors (Lipinski definition) is 1. The highest BCUT2D eigenvalue weighted by molar-refractivity contribution is 7.86. The van der Waals surface area contributed by atoms with Crippen LogP contribution in [0.5, 0.6) is 5.75 Å². The third-order valence-corrected chi connectivity index (χ3v) is 2.93. The molecule has 0 aliphatic carbocycles. The first kappa shape index (κ1) is 13.8. The maximum atomic E-state index is 10.9. The summed E-state index contributed by atoms with van der Waals surface area (Å²) < 4.78 is 43.9. The van der Waals surface area contributed by atoms with Crippen molar-refractivity contribution in [2.45, 2.75) is 6.10 Å². The van der Waals surface area contributed by atoms with E-state index in [9.17, 15) is 13.2 Å². The van der Waals surface area contributed by atoms with E-state index < -0.39 is 28.6 Å². The zero-order chi connectivity index (χ0) is 13.9. The van der Waals surface area contributed by atoms with Gasteiger partial charge in [0.15, 0.2) is 5.75 Å². The molecule has 1 heterocycles. The van der Waals surface area contributed by atoms with Gasteiger partial charge in [-0.1, -0.05) is 12.1 Å². The average molecular weight is 288 g/mol. The minimum Gasteiger partial charge on any atom is -0.457 e. The highest BCUT2D eigenvalue weighted by Crippen LogP contribution is 2.30. The summed E-state index contributed by atoms with van der Waals surface area (Å²) in [5, 5.41) is 0. The lowest BCUT2D eigenvalue weighted by Crippen LogP contribution is -2.19. The first-order valence-electron chi connectivity index (χ1n) is 5.39. The van der Waals surface area contributed by atoms with Gasteiger partial charge in [0.2, 0.25) is 6.79 Å². The van der Waals surface area contributed by atoms with Gasteiger partial charge in [-0.2, -0.15) is 8.42 Å². The molecule has 1 saturated heterocycles. The van der Waals surface area contributed by atoms with Gasteiger partial charge in [-0.25, -0.2) is 0 Å². The molecule has 7 nitrogen and oxygen atoms in total. The minimum absolute atomic E-state index is 0.154. The van der Waals surface area contributed by atoms with Crippen LogP contribution in [0.25, 0.3) is 0 Å². The third-order valence-electron chi connectivity index (χ3n) is 2.33. The molecule has 19 heavy (non-hydrogen) atoms. The van der Waals surface area contributed by atoms with Crippen molar-refractivity contribution >= 4 is 16.1 Å². The van der Waals surface area contributed by atoms with Crippen LogP contribution in [0.2, 0.25) is 0 Å². The first-order chi connectivity index (χ1) is 8.94. The zero-order valence-corrected chi connectivity index (χ0v) is 10.6. The lowest BCUT2D eigenvalue weighted by molar-refractivity contribution is -0.147. The van der Waals surface area contributed by atoms with E-state index in [1.54, 1.807) is 12.1 Å². The summed E-state index contributed by atoms with van der Waals surface area (Å²) >= 11 is 0. The molecule has 8 heteroatoms. The lowest BCUT2D eigenvalue weighted by atomic mass is 10.2. The topological polar surface area (TPSA) is 102 Å². The van der Waals surface area contributed by atoms with E-state index in [0.29, 0.717) is 12.4 Å². The monoisotopic (exact) mass is 288 g/mol. The van der Waals surface area contributed by atoms with E-state index in [2.05, 4.69) is 4.74 Å². The van der Waals surface area contributed by atoms with Crippen LogP contribution < -0.4 is 4.74 Å². The molecule has 1 unspecified atom stereocenters. The van der Waals surface area contributed by atoms with Crippen molar-refractivity contribution in [1.29, 1.82) is 0 Å². The predicted molar refractivity (Wildman–Crippen MR) is 63.1 cm³/mol. The minimum atomic E-state index is -4.37. The molecule has 0 amide bonds. The second-order valence-corrected chi connectivity index (χ2v) is 5.35. The Bertz CT molecular complexity index is 545. The van der Waals surface area contributed by atoms with Gasteiger partial charge in [0.05, 0.1) is 6.61 Å². The van der Waals surface area contributed by atoms with Gasteiger partial charge in [0.1, 0.15) is 11.9 Å². The Balaban J connectivity index is 1.74. The van der Waals surface area contributed by atoms with Crippen molar-refractivity contribution in [1.82, 2.24) is 0 Å². The summed E-state index contributed by atoms with van der Waals surface area (Å²) in [4.78, 5) is 10.9. The Morgan fingerprint density at radius 3 is 2.53 bits per heavy atom. The Morgan fingerprint density at radius 2 is 2.00 bits per heavy atom. The molecule has 0 saturated carbocycles. The normalized spacial score (nSPS) is 17.8. The fourth-order valence-corrected chi connectivity index (χ4v) is 1.75. The molecule has 0 bridgehead atoms. The summed E-state index contributed by atoms with van der Waals surface area (Å²) in [5.74, 6) is -1.69. The van der Waals surface area contributed by atoms with Gasteiger partial charge in [0, 0.05) is 0 Å². The van der Waals surface area contributed by atoms with E-state index in [4.69, 9.17) is 14.0 Å². The van der Waals surface area contributed by atoms with Crippen molar-refractivity contribution < 1.29 is 32.0 Å². The van der Waals surface area contributed by atoms with Gasteiger partial charge in [-0.15, -0.1) is 0 Å². The van der Waals surface area contributed by atoms with Crippen LogP contribution in [-0.4, -0.2) is 38.1 Å². The molecule has 1 aromatic carbocycles. The number of carbonyl (C=O) groups is 1. The van der Waals surface area contributed by atoms with Crippen molar-refractivity contribution in [3.8, 4) is 5.75 Å². The largest absolute Gasteiger partial charge is 0.457 e. The van der Waals surface area contributed by atoms with Gasteiger partial charge in [-0.05, 0) is 17.7 Å². The quantitative estimate of drug-likeness (QED) is 0.352. The maximum Gasteiger partial charge on any atom is 0.326 e. The van der Waals surface area contributed by atoms with Crippen molar-refractivity contribution in [3.63, 3.8) is 0 Å². The summed E-state index contributed by atoms with van der Waals surface area (Å²) in [7, 11) is -4.37. The molecular formula is C11H12O7S. The van der Waals surface area contributed by atoms with Crippen LogP contribution in [-0.2, 0) is 24.4 Å². The number of rotatable bonds is 6. The molecule has 1 aliphatic heterocycles. The molecule has 1 fully saturated rings. The molecule has 2 rings (SSSR count). The van der Waals surface area contributed by atoms with Crippen molar-refractivity contribution in [3.05, 3.63) is 29.8 Å². The lowest BCUT2D eigenvalue weighted by Gasteiger charge is -2.07. The van der Waals surface area contributed by atoms with Crippen LogP contribution >= 0.6 is 0 Å². The predicted octanol–water partition coefficient (Wildman–Crippen LogP) is 0.525. The van der Waals surface area contributed by atoms with Crippen LogP contribution in [0.15, 0.2) is 24.3 Å². The van der Waals surface area contributed by atoms with Crippen LogP contribution in [0, 0.1) is 0 Å². The molecule has 0 spiro atoms. The fraction of sp³-hybridized carbons (Fsp3) is 0.364. The molecule has 104 valence electrons. The summed E-state index contributed by atoms with van der Waals surface area (Å²) in [5.41, 5.74) is 1.04. The van der Waals surface area contributed by atoms with Gasteiger partial charge < -0.3 is 14.2 Å². The second kappa shape index (κ2) is 5.55. The Morgan fingerprint density at radius 1 is 1.37 bits per heavy atom. The van der Waals surface area contributed by atoms with Crippen LogP contribution in [0.3, 0.4) is 0 Å². The van der Waals surface area contributed by atoms with Crippen molar-refractivity contribution in [2.24, 2.45) is 0 Å². The Kier molecular flexibility index (Phi) is 4.03. The number of ether oxygens (including phenoxy) is 3. The number of benzene rings is 1. The van der Waals surface area contributed by atoms with E-state index >= 15 is 0 Å². The number of epoxide rings is 1. The first-order valence-corrected chi connectivity index (χ1v) is 7.00. The highest BCUT2D eigenvalue weighted by Gasteiger charge is 2.24. The number of hydrogen-bond acceptors (Lipinski definition) is 6. The SMILES string of the molecule is O=C(CS(=O)(=O)O)OCOc1ccc(C2CO2)cc1. The molecule has 1 aliphatic rings. The molecule has 1 N–H and O–H groups in total. The Hall–Kier alpha value is -1.64. The van der Waals surface area contributed by atoms with E-state index in [1.165, 1.54) is 0 Å². The fourth-order valence-electron chi connectivity index (χ4n) is 1.37. The molecular weight excluding hydrogens is 276 g/mol. The average Bonchev–Trinajstić information content (AvgIpc) is 3.11. The van der Waals surface area contributed by atoms with Crippen LogP contribution in [0.4, 0.5) is 0 Å². The number of carbonyl (C=O) groups excluding carboxylic acids is 1. The molecule has 0 radical (unpaired) electrons. The van der Waals surface area contributed by atoms with Gasteiger partial charge in [-0.3, -0.25) is 9.35 Å². The summed E-state index contributed by atoms with van der Waals surface area (Å²) in [6.45, 7) is 0.293. The smallest absolute Gasteiger partial charge is 0.326 e. The van der Waals surface area contributed by atoms with Gasteiger partial charge in [0.25, 0.3) is 10.1 Å². The molecule has 0 aromatic heterocycles. The van der Waals surface area contributed by atoms with E-state index in [0.717, 1.165) is 5.56 Å². The second-order valence-electron chi connectivity index (χ2n) is 3.90. The van der Waals surface area contributed by atoms with Crippen LogP contribution in [0.1, 0.15) is 11.7 Å². The Labute approximate surface area is 109 Å². The zero-order valence-electron chi connectivity index (χ0n) is 9.81. The van der Waals surface area contributed by atoms with E-state index in [1.807, 2.05) is 12.1 Å². The summed E-state index contributed by atoms with van der Waals surface area (Å²) in [6.07, 6.45) is 0.154. The third kappa shape index (κ3) is 4.86. The van der Waals surface area contributed by atoms with E-state index in [-0.39, 0.29) is 6.10 Å². The standard InChI is InChI=1S/C11H12O7S/c12-11(6-19(13,14)15)18-7-17-9-3-1-8(2-4-9)10-5-16-10/h1-4,10H,5-7H2,(H,13,14,15). The molecule has 1 atom stereocenters. The summed E-state index contributed by atoms with van der Waals surface area (Å²) in [6, 6.07) is 7.03. The maximum absolute atomic E-state index is 10.9. The number of esters is 1. The highest BCUT2D eigenvalue weighted by atomic mass is 32.2. The molecule has 1 aromatic rings.